The minimum atomic E-state index is -0.329. The van der Waals surface area contributed by atoms with Gasteiger partial charge in [0, 0.05) is 12.8 Å². The Morgan fingerprint density at radius 1 is 0.545 bits per heavy atom. The van der Waals surface area contributed by atoms with Crippen molar-refractivity contribution in [2.45, 2.75) is 104 Å². The molecule has 0 aliphatic carbocycles. The van der Waals surface area contributed by atoms with Crippen molar-refractivity contribution in [2.75, 3.05) is 0 Å². The zero-order valence-corrected chi connectivity index (χ0v) is 14.9. The van der Waals surface area contributed by atoms with Gasteiger partial charge >= 0.3 is 0 Å². The number of primary amides is 2. The maximum absolute atomic E-state index is 10.2. The number of rotatable bonds is 14. The van der Waals surface area contributed by atoms with Gasteiger partial charge in [-0.1, -0.05) is 78.1 Å². The van der Waals surface area contributed by atoms with Crippen LogP contribution in [0.3, 0.4) is 0 Å². The molecule has 22 heavy (non-hydrogen) atoms. The maximum Gasteiger partial charge on any atom is 0.217 e. The van der Waals surface area contributed by atoms with Gasteiger partial charge in [-0.15, -0.1) is 0 Å². The molecule has 4 heteroatoms. The molecule has 0 saturated carbocycles. The van der Waals surface area contributed by atoms with Gasteiger partial charge in [0.1, 0.15) is 0 Å². The first-order valence-corrected chi connectivity index (χ1v) is 9.11. The van der Waals surface area contributed by atoms with Gasteiger partial charge in [0.05, 0.1) is 0 Å². The van der Waals surface area contributed by atoms with Crippen LogP contribution in [0.4, 0.5) is 0 Å². The maximum atomic E-state index is 10.2. The Bertz CT molecular complexity index is 229. The Balaban J connectivity index is 0. The number of amides is 2. The molecule has 0 aliphatic heterocycles. The third-order valence-corrected chi connectivity index (χ3v) is 3.55. The molecule has 0 aliphatic rings. The van der Waals surface area contributed by atoms with E-state index in [0.29, 0.717) is 25.7 Å². The smallest absolute Gasteiger partial charge is 0.217 e. The summed E-state index contributed by atoms with van der Waals surface area (Å²) in [6.07, 6.45) is 16.4. The Morgan fingerprint density at radius 3 is 1.05 bits per heavy atom. The standard InChI is InChI=1S/C12H26.C6H12N2O2/c1-3-5-7-9-11-12-10-8-6-4-2;7-5(9)3-1-2-4-6(8)10/h3-12H2,1-2H3;1-4H2,(H2,7,9)(H2,8,10). The van der Waals surface area contributed by atoms with E-state index >= 15 is 0 Å². The van der Waals surface area contributed by atoms with Gasteiger partial charge in [-0.3, -0.25) is 9.59 Å². The van der Waals surface area contributed by atoms with Crippen molar-refractivity contribution in [3.05, 3.63) is 0 Å². The van der Waals surface area contributed by atoms with E-state index in [1.165, 1.54) is 64.2 Å². The van der Waals surface area contributed by atoms with Crippen LogP contribution >= 0.6 is 0 Å². The molecule has 4 N–H and O–H groups in total. The zero-order chi connectivity index (χ0) is 17.1. The van der Waals surface area contributed by atoms with Crippen LogP contribution in [-0.2, 0) is 9.59 Å². The van der Waals surface area contributed by atoms with Crippen molar-refractivity contribution in [1.29, 1.82) is 0 Å². The highest BCUT2D eigenvalue weighted by atomic mass is 16.1. The Labute approximate surface area is 137 Å². The highest BCUT2D eigenvalue weighted by Gasteiger charge is 1.96. The largest absolute Gasteiger partial charge is 0.370 e. The summed E-state index contributed by atoms with van der Waals surface area (Å²) in [4.78, 5) is 20.3. The second-order valence-corrected chi connectivity index (χ2v) is 5.97. The summed E-state index contributed by atoms with van der Waals surface area (Å²) < 4.78 is 0. The highest BCUT2D eigenvalue weighted by molar-refractivity contribution is 5.74. The summed E-state index contributed by atoms with van der Waals surface area (Å²) in [5.74, 6) is -0.658. The van der Waals surface area contributed by atoms with Crippen LogP contribution in [0.1, 0.15) is 104 Å². The van der Waals surface area contributed by atoms with Gasteiger partial charge in [-0.25, -0.2) is 0 Å². The van der Waals surface area contributed by atoms with Crippen molar-refractivity contribution < 1.29 is 9.59 Å². The SMILES string of the molecule is CCCCCCCCCCCC.NC(=O)CCCCC(N)=O. The van der Waals surface area contributed by atoms with E-state index in [9.17, 15) is 9.59 Å². The van der Waals surface area contributed by atoms with E-state index in [2.05, 4.69) is 13.8 Å². The molecule has 4 nitrogen and oxygen atoms in total. The van der Waals surface area contributed by atoms with E-state index in [0.717, 1.165) is 0 Å². The van der Waals surface area contributed by atoms with Gasteiger partial charge in [0.2, 0.25) is 11.8 Å². The average molecular weight is 315 g/mol. The van der Waals surface area contributed by atoms with E-state index in [-0.39, 0.29) is 11.8 Å². The van der Waals surface area contributed by atoms with Crippen LogP contribution in [0.15, 0.2) is 0 Å². The molecule has 2 amide bonds. The van der Waals surface area contributed by atoms with Crippen molar-refractivity contribution in [1.82, 2.24) is 0 Å². The van der Waals surface area contributed by atoms with Crippen LogP contribution in [0.5, 0.6) is 0 Å². The monoisotopic (exact) mass is 314 g/mol. The zero-order valence-electron chi connectivity index (χ0n) is 14.9. The fourth-order valence-corrected chi connectivity index (χ4v) is 2.16. The quantitative estimate of drug-likeness (QED) is 0.464. The first-order chi connectivity index (χ1) is 10.5. The predicted molar refractivity (Wildman–Crippen MR) is 94.4 cm³/mol. The molecule has 0 rings (SSSR count). The van der Waals surface area contributed by atoms with Crippen molar-refractivity contribution in [3.8, 4) is 0 Å². The van der Waals surface area contributed by atoms with Crippen LogP contribution in [0, 0.1) is 0 Å². The Kier molecular flexibility index (Phi) is 21.0. The number of carbonyl (C=O) groups excluding carboxylic acids is 2. The summed E-state index contributed by atoms with van der Waals surface area (Å²) in [6, 6.07) is 0. The fraction of sp³-hybridized carbons (Fsp3) is 0.889. The van der Waals surface area contributed by atoms with Crippen molar-refractivity contribution >= 4 is 11.8 Å². The molecule has 0 heterocycles. The topological polar surface area (TPSA) is 86.2 Å². The van der Waals surface area contributed by atoms with Gasteiger partial charge in [0.15, 0.2) is 0 Å². The Morgan fingerprint density at radius 2 is 0.818 bits per heavy atom. The second kappa shape index (κ2) is 19.9. The number of unbranched alkanes of at least 4 members (excludes halogenated alkanes) is 10. The van der Waals surface area contributed by atoms with Gasteiger partial charge in [-0.2, -0.15) is 0 Å². The average Bonchev–Trinajstić information content (AvgIpc) is 2.47. The molecule has 0 spiro atoms. The van der Waals surface area contributed by atoms with E-state index < -0.39 is 0 Å². The summed E-state index contributed by atoms with van der Waals surface area (Å²) in [5.41, 5.74) is 9.71. The van der Waals surface area contributed by atoms with Crippen LogP contribution in [0.25, 0.3) is 0 Å². The summed E-state index contributed by atoms with van der Waals surface area (Å²) >= 11 is 0. The number of hydrogen-bond donors (Lipinski definition) is 2. The normalized spacial score (nSPS) is 9.91. The lowest BCUT2D eigenvalue weighted by Gasteiger charge is -1.99. The van der Waals surface area contributed by atoms with E-state index in [1.54, 1.807) is 0 Å². The van der Waals surface area contributed by atoms with Gasteiger partial charge in [0.25, 0.3) is 0 Å². The first kappa shape index (κ1) is 23.2. The molecule has 0 aromatic rings. The molecule has 0 aromatic carbocycles. The minimum Gasteiger partial charge on any atom is -0.370 e. The fourth-order valence-electron chi connectivity index (χ4n) is 2.16. The first-order valence-electron chi connectivity index (χ1n) is 9.11. The molecule has 0 fully saturated rings. The summed E-state index contributed by atoms with van der Waals surface area (Å²) in [5, 5.41) is 0. The molecule has 0 atom stereocenters. The molecule has 0 unspecified atom stereocenters. The minimum absolute atomic E-state index is 0.329. The summed E-state index contributed by atoms with van der Waals surface area (Å²) in [6.45, 7) is 4.56. The van der Waals surface area contributed by atoms with Crippen LogP contribution < -0.4 is 11.5 Å². The molecule has 0 aromatic heterocycles. The number of carbonyl (C=O) groups is 2. The third kappa shape index (κ3) is 27.3. The van der Waals surface area contributed by atoms with Crippen molar-refractivity contribution in [2.24, 2.45) is 11.5 Å². The highest BCUT2D eigenvalue weighted by Crippen LogP contribution is 2.09. The molecule has 132 valence electrons. The summed E-state index contributed by atoms with van der Waals surface area (Å²) in [7, 11) is 0. The van der Waals surface area contributed by atoms with Crippen molar-refractivity contribution in [3.63, 3.8) is 0 Å². The van der Waals surface area contributed by atoms with Gasteiger partial charge < -0.3 is 11.5 Å². The Hall–Kier alpha value is -1.06. The second-order valence-electron chi connectivity index (χ2n) is 5.97. The lowest BCUT2D eigenvalue weighted by Crippen LogP contribution is -2.12. The van der Waals surface area contributed by atoms with Crippen LogP contribution in [-0.4, -0.2) is 11.8 Å². The third-order valence-electron chi connectivity index (χ3n) is 3.55. The molecule has 0 bridgehead atoms. The van der Waals surface area contributed by atoms with E-state index in [4.69, 9.17) is 11.5 Å². The number of hydrogen-bond acceptors (Lipinski definition) is 2. The number of nitrogens with two attached hydrogens (primary N) is 2. The molecular formula is C18H38N2O2. The van der Waals surface area contributed by atoms with Gasteiger partial charge in [-0.05, 0) is 12.8 Å². The molecule has 0 saturated heterocycles. The van der Waals surface area contributed by atoms with Crippen LogP contribution in [0.2, 0.25) is 0 Å². The molecular weight excluding hydrogens is 276 g/mol. The van der Waals surface area contributed by atoms with E-state index in [1.807, 2.05) is 0 Å². The predicted octanol–water partition coefficient (Wildman–Crippen LogP) is 4.44. The lowest BCUT2D eigenvalue weighted by molar-refractivity contribution is -0.119. The molecule has 0 radical (unpaired) electrons. The lowest BCUT2D eigenvalue weighted by atomic mass is 10.1.